The third-order valence-electron chi connectivity index (χ3n) is 1.13. The van der Waals surface area contributed by atoms with Gasteiger partial charge in [0.05, 0.1) is 18.6 Å². The van der Waals surface area contributed by atoms with Crippen molar-refractivity contribution in [3.8, 4) is 0 Å². The van der Waals surface area contributed by atoms with E-state index in [2.05, 4.69) is 0 Å². The quantitative estimate of drug-likeness (QED) is 0.302. The van der Waals surface area contributed by atoms with E-state index in [0.29, 0.717) is 13.2 Å². The normalized spacial score (nSPS) is 28.9. The number of carboxylic acid groups (broad SMARTS) is 1. The minimum Gasteiger partial charge on any atom is -0.548 e. The van der Waals surface area contributed by atoms with Crippen molar-refractivity contribution in [2.45, 2.75) is 13.0 Å². The number of carbonyl (C=O) groups is 1. The van der Waals surface area contributed by atoms with E-state index in [1.54, 1.807) is 0 Å². The van der Waals surface area contributed by atoms with Gasteiger partial charge in [-0.3, -0.25) is 4.84 Å². The number of aliphatic carboxylic acids is 1. The van der Waals surface area contributed by atoms with Crippen LogP contribution in [0, 0.1) is 0 Å². The fourth-order valence-corrected chi connectivity index (χ4v) is 0.624. The average molecular weight is 153 g/mol. The molecule has 0 amide bonds. The van der Waals surface area contributed by atoms with E-state index in [1.807, 2.05) is 6.92 Å². The molecule has 0 aromatic carbocycles. The zero-order valence-corrected chi connectivity index (χ0v) is 8.16. The largest absolute Gasteiger partial charge is 1.00 e. The molecule has 0 aromatic heterocycles. The van der Waals surface area contributed by atoms with E-state index in [9.17, 15) is 9.90 Å². The third kappa shape index (κ3) is 2.56. The van der Waals surface area contributed by atoms with Gasteiger partial charge in [-0.25, -0.2) is 0 Å². The topological polar surface area (TPSA) is 52.4 Å². The van der Waals surface area contributed by atoms with Gasteiger partial charge in [-0.1, -0.05) is 0 Å². The van der Waals surface area contributed by atoms with E-state index in [0.717, 1.165) is 0 Å². The second-order valence-electron chi connectivity index (χ2n) is 1.85. The maximum atomic E-state index is 10.0. The fraction of sp³-hybridized carbons (Fsp3) is 0.800. The van der Waals surface area contributed by atoms with Crippen molar-refractivity contribution in [3.63, 3.8) is 0 Å². The van der Waals surface area contributed by atoms with Crippen LogP contribution in [0.4, 0.5) is 0 Å². The van der Waals surface area contributed by atoms with E-state index in [-0.39, 0.29) is 29.6 Å². The van der Waals surface area contributed by atoms with E-state index < -0.39 is 12.0 Å². The smallest absolute Gasteiger partial charge is 0.548 e. The second kappa shape index (κ2) is 4.31. The summed E-state index contributed by atoms with van der Waals surface area (Å²) in [5.41, 5.74) is 0. The van der Waals surface area contributed by atoms with Crippen molar-refractivity contribution in [2.24, 2.45) is 0 Å². The number of hydrogen-bond donors (Lipinski definition) is 0. The van der Waals surface area contributed by atoms with E-state index in [4.69, 9.17) is 4.84 Å². The molecular weight excluding hydrogens is 145 g/mol. The Morgan fingerprint density at radius 3 is 2.80 bits per heavy atom. The molecule has 0 N–H and O–H groups in total. The molecule has 1 aliphatic heterocycles. The van der Waals surface area contributed by atoms with Crippen molar-refractivity contribution in [1.82, 2.24) is 5.06 Å². The number of hydrogen-bond acceptors (Lipinski definition) is 4. The maximum absolute atomic E-state index is 10.0. The predicted octanol–water partition coefficient (Wildman–Crippen LogP) is -4.62. The summed E-state index contributed by atoms with van der Waals surface area (Å²) in [6.07, 6.45) is 0. The number of carboxylic acids is 1. The maximum Gasteiger partial charge on any atom is 1.00 e. The van der Waals surface area contributed by atoms with Crippen molar-refractivity contribution in [2.75, 3.05) is 13.2 Å². The molecule has 0 saturated carbocycles. The Morgan fingerprint density at radius 1 is 1.90 bits per heavy atom. The van der Waals surface area contributed by atoms with Crippen LogP contribution in [0.2, 0.25) is 0 Å². The number of rotatable bonds is 3. The van der Waals surface area contributed by atoms with Crippen LogP contribution in [0.15, 0.2) is 0 Å². The zero-order valence-electron chi connectivity index (χ0n) is 6.16. The molecule has 52 valence electrons. The molecule has 2 atom stereocenters. The summed E-state index contributed by atoms with van der Waals surface area (Å²) < 4.78 is 0. The summed E-state index contributed by atoms with van der Waals surface area (Å²) in [6.45, 7) is 2.80. The van der Waals surface area contributed by atoms with Crippen LogP contribution in [0.1, 0.15) is 6.92 Å². The van der Waals surface area contributed by atoms with Crippen LogP contribution < -0.4 is 34.7 Å². The monoisotopic (exact) mass is 153 g/mol. The van der Waals surface area contributed by atoms with Crippen LogP contribution in [-0.4, -0.2) is 30.2 Å². The minimum atomic E-state index is -1.05. The van der Waals surface area contributed by atoms with Crippen LogP contribution in [0.3, 0.4) is 0 Å². The summed E-state index contributed by atoms with van der Waals surface area (Å²) in [5, 5.41) is 11.4. The summed E-state index contributed by atoms with van der Waals surface area (Å²) in [5.74, 6) is -1.05. The first-order chi connectivity index (χ1) is 4.25. The second-order valence-corrected chi connectivity index (χ2v) is 1.85. The molecule has 0 aromatic rings. The number of carbonyl (C=O) groups excluding carboxylic acids is 1. The van der Waals surface area contributed by atoms with E-state index >= 15 is 0 Å². The van der Waals surface area contributed by atoms with E-state index in [1.165, 1.54) is 5.06 Å². The Kier molecular flexibility index (Phi) is 4.47. The first-order valence-corrected chi connectivity index (χ1v) is 2.86. The first-order valence-electron chi connectivity index (χ1n) is 2.86. The SMILES string of the molecule is CCON1CC1C(=O)[O-].[Na+]. The fourth-order valence-electron chi connectivity index (χ4n) is 0.624. The van der Waals surface area contributed by atoms with Gasteiger partial charge in [0.1, 0.15) is 0 Å². The summed E-state index contributed by atoms with van der Waals surface area (Å²) in [6, 6.07) is -0.495. The summed E-state index contributed by atoms with van der Waals surface area (Å²) in [7, 11) is 0. The van der Waals surface area contributed by atoms with Gasteiger partial charge in [0.2, 0.25) is 0 Å². The number of hydroxylamine groups is 2. The van der Waals surface area contributed by atoms with Gasteiger partial charge in [-0.2, -0.15) is 5.06 Å². The standard InChI is InChI=1S/C5H9NO3.Na/c1-2-9-6-3-4(6)5(7)8;/h4H,2-3H2,1H3,(H,7,8);/q;+1/p-1. The van der Waals surface area contributed by atoms with Gasteiger partial charge in [-0.05, 0) is 6.92 Å². The van der Waals surface area contributed by atoms with Crippen molar-refractivity contribution in [3.05, 3.63) is 0 Å². The Hall–Kier alpha value is 0.390. The molecule has 0 spiro atoms. The predicted molar refractivity (Wildman–Crippen MR) is 27.1 cm³/mol. The zero-order chi connectivity index (χ0) is 6.85. The minimum absolute atomic E-state index is 0. The molecule has 10 heavy (non-hydrogen) atoms. The molecule has 2 unspecified atom stereocenters. The van der Waals surface area contributed by atoms with Crippen LogP contribution in [0.25, 0.3) is 0 Å². The molecule has 4 nitrogen and oxygen atoms in total. The van der Waals surface area contributed by atoms with Gasteiger partial charge in [0.15, 0.2) is 0 Å². The summed E-state index contributed by atoms with van der Waals surface area (Å²) in [4.78, 5) is 14.9. The molecule has 1 fully saturated rings. The first kappa shape index (κ1) is 10.4. The third-order valence-corrected chi connectivity index (χ3v) is 1.13. The summed E-state index contributed by atoms with van der Waals surface area (Å²) >= 11 is 0. The molecule has 0 radical (unpaired) electrons. The van der Waals surface area contributed by atoms with Gasteiger partial charge in [0, 0.05) is 6.54 Å². The van der Waals surface area contributed by atoms with Gasteiger partial charge in [-0.15, -0.1) is 0 Å². The molecule has 1 rings (SSSR count). The molecule has 0 aliphatic carbocycles. The Labute approximate surface area is 81.4 Å². The molecular formula is C5H8NNaO3. The Morgan fingerprint density at radius 2 is 2.50 bits per heavy atom. The van der Waals surface area contributed by atoms with Crippen molar-refractivity contribution < 1.29 is 44.3 Å². The molecule has 5 heteroatoms. The number of nitrogens with zero attached hydrogens (tertiary/aromatic N) is 1. The van der Waals surface area contributed by atoms with Crippen molar-refractivity contribution >= 4 is 5.97 Å². The molecule has 1 saturated heterocycles. The Bertz CT molecular complexity index is 130. The van der Waals surface area contributed by atoms with Gasteiger partial charge >= 0.3 is 29.6 Å². The Balaban J connectivity index is 0.000000810. The molecule has 1 heterocycles. The van der Waals surface area contributed by atoms with Crippen LogP contribution >= 0.6 is 0 Å². The van der Waals surface area contributed by atoms with Crippen molar-refractivity contribution in [1.29, 1.82) is 0 Å². The van der Waals surface area contributed by atoms with Crippen LogP contribution in [0.5, 0.6) is 0 Å². The molecule has 0 bridgehead atoms. The van der Waals surface area contributed by atoms with Gasteiger partial charge < -0.3 is 9.90 Å². The van der Waals surface area contributed by atoms with Gasteiger partial charge in [0.25, 0.3) is 0 Å². The molecule has 1 aliphatic rings. The van der Waals surface area contributed by atoms with Crippen LogP contribution in [-0.2, 0) is 9.63 Å². The average Bonchev–Trinajstić information content (AvgIpc) is 2.47.